The number of carboxylic acids is 1. The first-order chi connectivity index (χ1) is 16.5. The number of nitrogens with zero attached hydrogens (tertiary/aromatic N) is 1. The third-order valence-electron chi connectivity index (χ3n) is 5.65. The van der Waals surface area contributed by atoms with Gasteiger partial charge in [-0.25, -0.2) is 4.79 Å². The summed E-state index contributed by atoms with van der Waals surface area (Å²) in [6, 6.07) is 10.4. The maximum absolute atomic E-state index is 12.8. The standard InChI is InChI=1S/C26H30BrNO6/c1-32-23-12-9-18(15-24(23)33-2)28-17-21(26(30)31)25(29)20-11-10-19(16-22(20)28)34-14-8-6-4-3-5-7-13-27/h9-12,15-17H,3-8,13-14H2,1-2H3,(H,30,31). The SMILES string of the molecule is COc1ccc(-n2cc(C(=O)O)c(=O)c3ccc(OCCCCCCCCBr)cc32)cc1OC. The van der Waals surface area contributed by atoms with E-state index in [1.54, 1.807) is 48.1 Å². The van der Waals surface area contributed by atoms with Crippen LogP contribution in [0.3, 0.4) is 0 Å². The third-order valence-corrected chi connectivity index (χ3v) is 6.21. The fourth-order valence-electron chi connectivity index (χ4n) is 3.83. The van der Waals surface area contributed by atoms with Crippen LogP contribution in [0.1, 0.15) is 48.9 Å². The van der Waals surface area contributed by atoms with E-state index in [0.717, 1.165) is 18.2 Å². The van der Waals surface area contributed by atoms with E-state index in [1.807, 2.05) is 0 Å². The number of benzene rings is 2. The smallest absolute Gasteiger partial charge is 0.341 e. The summed E-state index contributed by atoms with van der Waals surface area (Å²) in [5.74, 6) is 0.389. The first kappa shape index (κ1) is 25.6. The van der Waals surface area contributed by atoms with E-state index in [-0.39, 0.29) is 5.56 Å². The topological polar surface area (TPSA) is 87.0 Å². The van der Waals surface area contributed by atoms with Crippen LogP contribution in [0.5, 0.6) is 17.2 Å². The Morgan fingerprint density at radius 3 is 2.32 bits per heavy atom. The van der Waals surface area contributed by atoms with Gasteiger partial charge in [0.1, 0.15) is 11.3 Å². The Morgan fingerprint density at radius 1 is 0.941 bits per heavy atom. The Morgan fingerprint density at radius 2 is 1.65 bits per heavy atom. The summed E-state index contributed by atoms with van der Waals surface area (Å²) in [4.78, 5) is 24.6. The molecule has 1 heterocycles. The van der Waals surface area contributed by atoms with Crippen LogP contribution in [-0.2, 0) is 0 Å². The normalized spacial score (nSPS) is 10.9. The highest BCUT2D eigenvalue weighted by Crippen LogP contribution is 2.31. The number of aromatic nitrogens is 1. The Bertz CT molecular complexity index is 1190. The maximum Gasteiger partial charge on any atom is 0.341 e. The van der Waals surface area contributed by atoms with Crippen LogP contribution in [-0.4, -0.2) is 41.8 Å². The third kappa shape index (κ3) is 6.11. The van der Waals surface area contributed by atoms with Gasteiger partial charge in [-0.1, -0.05) is 41.6 Å². The highest BCUT2D eigenvalue weighted by Gasteiger charge is 2.17. The molecule has 182 valence electrons. The Labute approximate surface area is 207 Å². The van der Waals surface area contributed by atoms with Crippen molar-refractivity contribution in [2.24, 2.45) is 0 Å². The summed E-state index contributed by atoms with van der Waals surface area (Å²) in [6.45, 7) is 0.581. The maximum atomic E-state index is 12.8. The molecule has 0 aliphatic rings. The number of halogens is 1. The molecule has 0 aliphatic carbocycles. The molecule has 0 aliphatic heterocycles. The number of aromatic carboxylic acids is 1. The van der Waals surface area contributed by atoms with Crippen LogP contribution in [0.2, 0.25) is 0 Å². The van der Waals surface area contributed by atoms with Gasteiger partial charge in [-0.2, -0.15) is 0 Å². The van der Waals surface area contributed by atoms with Gasteiger partial charge in [-0.15, -0.1) is 0 Å². The largest absolute Gasteiger partial charge is 0.494 e. The second-order valence-corrected chi connectivity index (χ2v) is 8.72. The average molecular weight is 532 g/mol. The Kier molecular flexibility index (Phi) is 9.39. The molecule has 34 heavy (non-hydrogen) atoms. The van der Waals surface area contributed by atoms with Gasteiger partial charge in [-0.05, 0) is 37.1 Å². The first-order valence-electron chi connectivity index (χ1n) is 11.3. The summed E-state index contributed by atoms with van der Waals surface area (Å²) in [7, 11) is 3.07. The summed E-state index contributed by atoms with van der Waals surface area (Å²) in [6.07, 6.45) is 8.25. The summed E-state index contributed by atoms with van der Waals surface area (Å²) >= 11 is 3.45. The van der Waals surface area contributed by atoms with E-state index in [0.29, 0.717) is 40.4 Å². The number of carbonyl (C=O) groups is 1. The van der Waals surface area contributed by atoms with Crippen molar-refractivity contribution < 1.29 is 24.1 Å². The van der Waals surface area contributed by atoms with E-state index >= 15 is 0 Å². The zero-order chi connectivity index (χ0) is 24.5. The highest BCUT2D eigenvalue weighted by molar-refractivity contribution is 9.09. The fraction of sp³-hybridized carbons (Fsp3) is 0.385. The van der Waals surface area contributed by atoms with Crippen molar-refractivity contribution in [1.82, 2.24) is 4.57 Å². The van der Waals surface area contributed by atoms with Gasteiger partial charge in [0.25, 0.3) is 0 Å². The molecule has 8 heteroatoms. The molecule has 0 bridgehead atoms. The molecule has 3 aromatic rings. The minimum atomic E-state index is -1.28. The van der Waals surface area contributed by atoms with E-state index in [9.17, 15) is 14.7 Å². The van der Waals surface area contributed by atoms with Crippen molar-refractivity contribution in [3.05, 3.63) is 58.4 Å². The lowest BCUT2D eigenvalue weighted by Crippen LogP contribution is -2.18. The number of fused-ring (bicyclic) bond motifs is 1. The van der Waals surface area contributed by atoms with Gasteiger partial charge in [-0.3, -0.25) is 4.79 Å². The van der Waals surface area contributed by atoms with Crippen molar-refractivity contribution in [3.8, 4) is 22.9 Å². The average Bonchev–Trinajstić information content (AvgIpc) is 2.85. The molecular formula is C26H30BrNO6. The van der Waals surface area contributed by atoms with Gasteiger partial charge in [0.15, 0.2) is 11.5 Å². The monoisotopic (exact) mass is 531 g/mol. The number of hydrogen-bond donors (Lipinski definition) is 1. The Balaban J connectivity index is 1.90. The first-order valence-corrected chi connectivity index (χ1v) is 12.5. The molecule has 0 saturated carbocycles. The molecule has 0 saturated heterocycles. The van der Waals surface area contributed by atoms with E-state index < -0.39 is 11.4 Å². The molecule has 0 unspecified atom stereocenters. The lowest BCUT2D eigenvalue weighted by atomic mass is 10.1. The fourth-order valence-corrected chi connectivity index (χ4v) is 4.23. The second-order valence-electron chi connectivity index (χ2n) is 7.92. The van der Waals surface area contributed by atoms with Crippen molar-refractivity contribution in [1.29, 1.82) is 0 Å². The molecule has 0 atom stereocenters. The van der Waals surface area contributed by atoms with Crippen LogP contribution >= 0.6 is 15.9 Å². The van der Waals surface area contributed by atoms with Gasteiger partial charge < -0.3 is 23.9 Å². The quantitative estimate of drug-likeness (QED) is 0.221. The van der Waals surface area contributed by atoms with Crippen LogP contribution in [0.25, 0.3) is 16.6 Å². The molecule has 0 fully saturated rings. The molecule has 1 N–H and O–H groups in total. The predicted molar refractivity (Wildman–Crippen MR) is 137 cm³/mol. The molecule has 2 aromatic carbocycles. The second kappa shape index (κ2) is 12.5. The van der Waals surface area contributed by atoms with Crippen molar-refractivity contribution in [3.63, 3.8) is 0 Å². The minimum Gasteiger partial charge on any atom is -0.494 e. The van der Waals surface area contributed by atoms with E-state index in [1.165, 1.54) is 39.0 Å². The van der Waals surface area contributed by atoms with Crippen LogP contribution < -0.4 is 19.6 Å². The minimum absolute atomic E-state index is 0.300. The number of carboxylic acid groups (broad SMARTS) is 1. The van der Waals surface area contributed by atoms with Gasteiger partial charge in [0.05, 0.1) is 26.3 Å². The van der Waals surface area contributed by atoms with Crippen LogP contribution in [0.4, 0.5) is 0 Å². The highest BCUT2D eigenvalue weighted by atomic mass is 79.9. The van der Waals surface area contributed by atoms with Gasteiger partial charge in [0, 0.05) is 34.7 Å². The molecule has 0 spiro atoms. The summed E-state index contributed by atoms with van der Waals surface area (Å²) in [5, 5.41) is 10.9. The summed E-state index contributed by atoms with van der Waals surface area (Å²) < 4.78 is 18.3. The zero-order valence-electron chi connectivity index (χ0n) is 19.5. The van der Waals surface area contributed by atoms with E-state index in [2.05, 4.69) is 15.9 Å². The lowest BCUT2D eigenvalue weighted by molar-refractivity contribution is 0.0695. The molecule has 0 radical (unpaired) electrons. The van der Waals surface area contributed by atoms with Crippen molar-refractivity contribution in [2.45, 2.75) is 38.5 Å². The number of methoxy groups -OCH3 is 2. The number of pyridine rings is 1. The number of unbranched alkanes of at least 4 members (excludes halogenated alkanes) is 5. The number of rotatable bonds is 13. The molecule has 3 rings (SSSR count). The molecule has 7 nitrogen and oxygen atoms in total. The van der Waals surface area contributed by atoms with Gasteiger partial charge in [0.2, 0.25) is 5.43 Å². The van der Waals surface area contributed by atoms with Crippen LogP contribution in [0, 0.1) is 0 Å². The molecular weight excluding hydrogens is 502 g/mol. The predicted octanol–water partition coefficient (Wildman–Crippen LogP) is 5.82. The van der Waals surface area contributed by atoms with Crippen molar-refractivity contribution >= 4 is 32.8 Å². The zero-order valence-corrected chi connectivity index (χ0v) is 21.1. The summed E-state index contributed by atoms with van der Waals surface area (Å²) in [5.41, 5.74) is 0.338. The van der Waals surface area contributed by atoms with Crippen molar-refractivity contribution in [2.75, 3.05) is 26.2 Å². The van der Waals surface area contributed by atoms with Crippen LogP contribution in [0.15, 0.2) is 47.4 Å². The van der Waals surface area contributed by atoms with E-state index in [4.69, 9.17) is 14.2 Å². The molecule has 1 aromatic heterocycles. The molecule has 0 amide bonds. The Hall–Kier alpha value is -3.00. The number of hydrogen-bond acceptors (Lipinski definition) is 5. The number of alkyl halides is 1. The van der Waals surface area contributed by atoms with Gasteiger partial charge >= 0.3 is 5.97 Å². The number of ether oxygens (including phenoxy) is 3. The lowest BCUT2D eigenvalue weighted by Gasteiger charge is -2.16.